The summed E-state index contributed by atoms with van der Waals surface area (Å²) < 4.78 is 31.2. The quantitative estimate of drug-likeness (QED) is 0.789. The van der Waals surface area contributed by atoms with Gasteiger partial charge in [0.2, 0.25) is 0 Å². The van der Waals surface area contributed by atoms with Crippen molar-refractivity contribution in [3.63, 3.8) is 0 Å². The fraction of sp³-hybridized carbons (Fsp3) is 0.571. The Morgan fingerprint density at radius 2 is 1.84 bits per heavy atom. The van der Waals surface area contributed by atoms with Gasteiger partial charge in [0.15, 0.2) is 0 Å². The topological polar surface area (TPSA) is 38.5 Å². The Bertz CT molecular complexity index is 367. The van der Waals surface area contributed by atoms with Crippen LogP contribution >= 0.6 is 0 Å². The molecular weight excluding hydrogens is 250 g/mol. The zero-order valence-corrected chi connectivity index (χ0v) is 11.5. The fourth-order valence-electron chi connectivity index (χ4n) is 1.93. The van der Waals surface area contributed by atoms with Crippen LogP contribution in [0.4, 0.5) is 8.78 Å². The van der Waals surface area contributed by atoms with E-state index in [0.29, 0.717) is 18.6 Å². The number of halogens is 2. The van der Waals surface area contributed by atoms with Gasteiger partial charge in [0.1, 0.15) is 11.6 Å². The average molecular weight is 272 g/mol. The number of hydrogen-bond acceptors (Lipinski definition) is 3. The summed E-state index contributed by atoms with van der Waals surface area (Å²) in [6.07, 6.45) is 0.653. The van der Waals surface area contributed by atoms with Crippen molar-refractivity contribution in [2.45, 2.75) is 19.4 Å². The molecule has 1 aromatic rings. The molecule has 5 heteroatoms. The number of methoxy groups -OCH3 is 1. The highest BCUT2D eigenvalue weighted by Crippen LogP contribution is 2.17. The van der Waals surface area contributed by atoms with E-state index in [9.17, 15) is 8.78 Å². The van der Waals surface area contributed by atoms with Crippen LogP contribution in [0.5, 0.6) is 0 Å². The zero-order chi connectivity index (χ0) is 14.3. The molecule has 1 aromatic carbocycles. The molecular formula is C14H22F2N2O. The van der Waals surface area contributed by atoms with Crippen LogP contribution in [0.3, 0.4) is 0 Å². The molecule has 0 aliphatic carbocycles. The summed E-state index contributed by atoms with van der Waals surface area (Å²) in [5, 5.41) is 0. The summed E-state index contributed by atoms with van der Waals surface area (Å²) in [5.41, 5.74) is 6.47. The Balaban J connectivity index is 2.51. The molecule has 108 valence electrons. The predicted molar refractivity (Wildman–Crippen MR) is 71.9 cm³/mol. The van der Waals surface area contributed by atoms with E-state index in [1.54, 1.807) is 7.11 Å². The first-order valence-electron chi connectivity index (χ1n) is 6.49. The molecule has 0 spiro atoms. The molecule has 0 saturated carbocycles. The third kappa shape index (κ3) is 5.63. The molecule has 19 heavy (non-hydrogen) atoms. The van der Waals surface area contributed by atoms with Gasteiger partial charge in [0, 0.05) is 32.3 Å². The van der Waals surface area contributed by atoms with E-state index in [1.165, 1.54) is 12.1 Å². The first-order chi connectivity index (χ1) is 9.06. The maximum atomic E-state index is 13.1. The summed E-state index contributed by atoms with van der Waals surface area (Å²) in [6.45, 7) is 5.23. The van der Waals surface area contributed by atoms with Gasteiger partial charge in [-0.15, -0.1) is 0 Å². The van der Waals surface area contributed by atoms with Gasteiger partial charge in [0.25, 0.3) is 0 Å². The second kappa shape index (κ2) is 8.19. The van der Waals surface area contributed by atoms with Crippen molar-refractivity contribution in [2.24, 2.45) is 5.73 Å². The van der Waals surface area contributed by atoms with Gasteiger partial charge in [-0.1, -0.05) is 6.92 Å². The molecule has 0 fully saturated rings. The van der Waals surface area contributed by atoms with E-state index in [-0.39, 0.29) is 6.04 Å². The van der Waals surface area contributed by atoms with Gasteiger partial charge in [0.05, 0.1) is 6.61 Å². The number of likely N-dealkylation sites (N-methyl/N-ethyl adjacent to an activating group) is 1. The van der Waals surface area contributed by atoms with Crippen molar-refractivity contribution in [1.29, 1.82) is 0 Å². The average Bonchev–Trinajstić information content (AvgIpc) is 2.37. The fourth-order valence-corrected chi connectivity index (χ4v) is 1.93. The standard InChI is InChI=1S/C14H22F2N2O/c1-3-18(6-7-19-2)5-4-14(17)11-8-12(15)10-13(16)9-11/h8-10,14H,3-7,17H2,1-2H3. The van der Waals surface area contributed by atoms with Crippen LogP contribution in [0.2, 0.25) is 0 Å². The molecule has 1 atom stereocenters. The SMILES string of the molecule is CCN(CCOC)CCC(N)c1cc(F)cc(F)c1. The van der Waals surface area contributed by atoms with E-state index in [0.717, 1.165) is 25.7 Å². The lowest BCUT2D eigenvalue weighted by Gasteiger charge is -2.22. The molecule has 1 unspecified atom stereocenters. The van der Waals surface area contributed by atoms with Crippen molar-refractivity contribution in [3.05, 3.63) is 35.4 Å². The highest BCUT2D eigenvalue weighted by molar-refractivity contribution is 5.21. The van der Waals surface area contributed by atoms with Gasteiger partial charge in [-0.2, -0.15) is 0 Å². The Morgan fingerprint density at radius 1 is 1.21 bits per heavy atom. The molecule has 0 amide bonds. The zero-order valence-electron chi connectivity index (χ0n) is 11.5. The number of benzene rings is 1. The summed E-state index contributed by atoms with van der Waals surface area (Å²) >= 11 is 0. The molecule has 0 aliphatic heterocycles. The van der Waals surface area contributed by atoms with E-state index in [4.69, 9.17) is 10.5 Å². The molecule has 0 radical (unpaired) electrons. The third-order valence-corrected chi connectivity index (χ3v) is 3.13. The van der Waals surface area contributed by atoms with Crippen LogP contribution in [0.25, 0.3) is 0 Å². The number of nitrogens with two attached hydrogens (primary N) is 1. The van der Waals surface area contributed by atoms with Crippen molar-refractivity contribution in [2.75, 3.05) is 33.4 Å². The van der Waals surface area contributed by atoms with E-state index in [1.807, 2.05) is 0 Å². The molecule has 0 aromatic heterocycles. The van der Waals surface area contributed by atoms with Crippen LogP contribution in [-0.4, -0.2) is 38.3 Å². The number of hydrogen-bond donors (Lipinski definition) is 1. The molecule has 0 saturated heterocycles. The monoisotopic (exact) mass is 272 g/mol. The lowest BCUT2D eigenvalue weighted by molar-refractivity contribution is 0.149. The molecule has 1 rings (SSSR count). The number of rotatable bonds is 8. The smallest absolute Gasteiger partial charge is 0.126 e. The van der Waals surface area contributed by atoms with Crippen LogP contribution in [0.1, 0.15) is 24.9 Å². The molecule has 0 bridgehead atoms. The second-order valence-electron chi connectivity index (χ2n) is 4.53. The Hall–Kier alpha value is -1.04. The largest absolute Gasteiger partial charge is 0.383 e. The van der Waals surface area contributed by atoms with E-state index < -0.39 is 11.6 Å². The summed E-state index contributed by atoms with van der Waals surface area (Å²) in [5.74, 6) is -1.17. The van der Waals surface area contributed by atoms with Crippen LogP contribution in [0.15, 0.2) is 18.2 Å². The highest BCUT2D eigenvalue weighted by Gasteiger charge is 2.11. The van der Waals surface area contributed by atoms with Gasteiger partial charge in [-0.25, -0.2) is 8.78 Å². The van der Waals surface area contributed by atoms with Gasteiger partial charge >= 0.3 is 0 Å². The lowest BCUT2D eigenvalue weighted by Crippen LogP contribution is -2.30. The van der Waals surface area contributed by atoms with Crippen molar-refractivity contribution < 1.29 is 13.5 Å². The summed E-state index contributed by atoms with van der Waals surface area (Å²) in [4.78, 5) is 2.19. The highest BCUT2D eigenvalue weighted by atomic mass is 19.1. The normalized spacial score (nSPS) is 12.9. The minimum absolute atomic E-state index is 0.359. The summed E-state index contributed by atoms with van der Waals surface area (Å²) in [7, 11) is 1.66. The van der Waals surface area contributed by atoms with Gasteiger partial charge < -0.3 is 15.4 Å². The Kier molecular flexibility index (Phi) is 6.91. The predicted octanol–water partition coefficient (Wildman–Crippen LogP) is 2.32. The van der Waals surface area contributed by atoms with Crippen molar-refractivity contribution in [1.82, 2.24) is 4.90 Å². The van der Waals surface area contributed by atoms with Crippen LogP contribution in [0, 0.1) is 11.6 Å². The molecule has 0 heterocycles. The number of nitrogens with zero attached hydrogens (tertiary/aromatic N) is 1. The summed E-state index contributed by atoms with van der Waals surface area (Å²) in [6, 6.07) is 3.08. The van der Waals surface area contributed by atoms with Gasteiger partial charge in [-0.05, 0) is 30.7 Å². The van der Waals surface area contributed by atoms with Gasteiger partial charge in [-0.3, -0.25) is 0 Å². The maximum Gasteiger partial charge on any atom is 0.126 e. The third-order valence-electron chi connectivity index (χ3n) is 3.13. The molecule has 3 nitrogen and oxygen atoms in total. The van der Waals surface area contributed by atoms with E-state index >= 15 is 0 Å². The Labute approximate surface area is 113 Å². The van der Waals surface area contributed by atoms with Crippen LogP contribution in [-0.2, 0) is 4.74 Å². The first-order valence-corrected chi connectivity index (χ1v) is 6.49. The second-order valence-corrected chi connectivity index (χ2v) is 4.53. The minimum Gasteiger partial charge on any atom is -0.383 e. The van der Waals surface area contributed by atoms with E-state index in [2.05, 4.69) is 11.8 Å². The lowest BCUT2D eigenvalue weighted by atomic mass is 10.0. The van der Waals surface area contributed by atoms with Crippen molar-refractivity contribution in [3.8, 4) is 0 Å². The number of ether oxygens (including phenoxy) is 1. The Morgan fingerprint density at radius 3 is 2.37 bits per heavy atom. The molecule has 0 aliphatic rings. The van der Waals surface area contributed by atoms with Crippen molar-refractivity contribution >= 4 is 0 Å². The van der Waals surface area contributed by atoms with Crippen LogP contribution < -0.4 is 5.73 Å². The first kappa shape index (κ1) is 16.0. The minimum atomic E-state index is -0.586. The molecule has 2 N–H and O–H groups in total. The maximum absolute atomic E-state index is 13.1.